The lowest BCUT2D eigenvalue weighted by molar-refractivity contribution is 1.49. The van der Waals surface area contributed by atoms with Crippen LogP contribution < -0.4 is 5.73 Å². The lowest BCUT2D eigenvalue weighted by Gasteiger charge is -1.89. The molecule has 70 valence electrons. The van der Waals surface area contributed by atoms with E-state index in [1.165, 1.54) is 11.3 Å². The number of nitrogens with zero attached hydrogens (tertiary/aromatic N) is 1. The highest BCUT2D eigenvalue weighted by molar-refractivity contribution is 7.80. The first-order valence-corrected chi connectivity index (χ1v) is 5.50. The van der Waals surface area contributed by atoms with Crippen LogP contribution in [0.15, 0.2) is 18.2 Å². The molecular formula is C10H8N2S2. The maximum absolute atomic E-state index is 5.60. The summed E-state index contributed by atoms with van der Waals surface area (Å²) in [6, 6.07) is 5.90. The van der Waals surface area contributed by atoms with Crippen molar-refractivity contribution in [3.05, 3.63) is 23.8 Å². The second-order valence-corrected chi connectivity index (χ2v) is 4.07. The van der Waals surface area contributed by atoms with E-state index in [0.717, 1.165) is 15.8 Å². The predicted octanol–water partition coefficient (Wildman–Crippen LogP) is 2.16. The van der Waals surface area contributed by atoms with Gasteiger partial charge in [0.1, 0.15) is 0 Å². The molecule has 0 radical (unpaired) electrons. The van der Waals surface area contributed by atoms with E-state index in [1.54, 1.807) is 0 Å². The molecule has 2 nitrogen and oxygen atoms in total. The zero-order valence-electron chi connectivity index (χ0n) is 7.32. The molecule has 0 unspecified atom stereocenters. The molecule has 14 heavy (non-hydrogen) atoms. The number of thiol groups is 1. The third-order valence-corrected chi connectivity index (χ3v) is 2.74. The van der Waals surface area contributed by atoms with Crippen molar-refractivity contribution >= 4 is 39.3 Å². The number of anilines is 1. The van der Waals surface area contributed by atoms with Gasteiger partial charge in [0, 0.05) is 5.56 Å². The normalized spacial score (nSPS) is 9.79. The Labute approximate surface area is 91.6 Å². The van der Waals surface area contributed by atoms with Crippen molar-refractivity contribution in [3.63, 3.8) is 0 Å². The number of hydrogen-bond acceptors (Lipinski definition) is 4. The Balaban J connectivity index is 2.50. The molecule has 0 saturated heterocycles. The standard InChI is InChI=1S/C10H8N2S2/c11-10-12-8-6-7(2-1-5-13)3-4-9(8)14-10/h3-4,6,13H,5H2,(H2,11,12). The van der Waals surface area contributed by atoms with Crippen LogP contribution in [-0.4, -0.2) is 10.7 Å². The Bertz CT molecular complexity index is 520. The first-order chi connectivity index (χ1) is 6.79. The summed E-state index contributed by atoms with van der Waals surface area (Å²) in [4.78, 5) is 4.19. The maximum Gasteiger partial charge on any atom is 0.181 e. The van der Waals surface area contributed by atoms with Gasteiger partial charge in [-0.2, -0.15) is 12.6 Å². The van der Waals surface area contributed by atoms with Crippen molar-refractivity contribution in [3.8, 4) is 11.8 Å². The molecule has 4 heteroatoms. The third kappa shape index (κ3) is 1.84. The lowest BCUT2D eigenvalue weighted by Crippen LogP contribution is -1.79. The van der Waals surface area contributed by atoms with E-state index in [-0.39, 0.29) is 0 Å². The summed E-state index contributed by atoms with van der Waals surface area (Å²) in [5.41, 5.74) is 7.47. The number of thiazole rings is 1. The fraction of sp³-hybridized carbons (Fsp3) is 0.100. The largest absolute Gasteiger partial charge is 0.375 e. The minimum atomic E-state index is 0.567. The Kier molecular flexibility index (Phi) is 2.62. The van der Waals surface area contributed by atoms with E-state index in [9.17, 15) is 0 Å². The van der Waals surface area contributed by atoms with Crippen molar-refractivity contribution in [2.75, 3.05) is 11.5 Å². The van der Waals surface area contributed by atoms with Gasteiger partial charge in [-0.25, -0.2) is 4.98 Å². The van der Waals surface area contributed by atoms with Gasteiger partial charge in [0.05, 0.1) is 16.0 Å². The van der Waals surface area contributed by atoms with E-state index in [1.807, 2.05) is 18.2 Å². The molecule has 0 spiro atoms. The smallest absolute Gasteiger partial charge is 0.181 e. The molecule has 0 aliphatic rings. The quantitative estimate of drug-likeness (QED) is 0.527. The molecule has 0 aliphatic heterocycles. The second-order valence-electron chi connectivity index (χ2n) is 2.69. The lowest BCUT2D eigenvalue weighted by atomic mass is 10.2. The first-order valence-electron chi connectivity index (χ1n) is 4.05. The highest BCUT2D eigenvalue weighted by atomic mass is 32.1. The van der Waals surface area contributed by atoms with Crippen LogP contribution in [0.25, 0.3) is 10.2 Å². The summed E-state index contributed by atoms with van der Waals surface area (Å²) >= 11 is 5.51. The summed E-state index contributed by atoms with van der Waals surface area (Å²) in [5.74, 6) is 6.45. The minimum absolute atomic E-state index is 0.567. The maximum atomic E-state index is 5.60. The number of nitrogen functional groups attached to an aromatic ring is 1. The fourth-order valence-electron chi connectivity index (χ4n) is 1.16. The first kappa shape index (κ1) is 9.38. The van der Waals surface area contributed by atoms with Crippen molar-refractivity contribution in [2.45, 2.75) is 0 Å². The molecule has 0 atom stereocenters. The SMILES string of the molecule is Nc1nc2cc(C#CCS)ccc2s1. The van der Waals surface area contributed by atoms with Crippen LogP contribution >= 0.6 is 24.0 Å². The topological polar surface area (TPSA) is 38.9 Å². The van der Waals surface area contributed by atoms with Crippen LogP contribution in [-0.2, 0) is 0 Å². The number of nitrogens with two attached hydrogens (primary N) is 1. The molecule has 1 aromatic carbocycles. The Morgan fingerprint density at radius 1 is 1.50 bits per heavy atom. The van der Waals surface area contributed by atoms with Gasteiger partial charge in [-0.15, -0.1) is 0 Å². The van der Waals surface area contributed by atoms with Gasteiger partial charge >= 0.3 is 0 Å². The fourth-order valence-corrected chi connectivity index (χ4v) is 1.96. The molecule has 0 saturated carbocycles. The summed E-state index contributed by atoms with van der Waals surface area (Å²) in [6.45, 7) is 0. The zero-order valence-corrected chi connectivity index (χ0v) is 9.03. The van der Waals surface area contributed by atoms with Crippen LogP contribution in [0.1, 0.15) is 5.56 Å². The van der Waals surface area contributed by atoms with Crippen LogP contribution in [0.4, 0.5) is 5.13 Å². The van der Waals surface area contributed by atoms with Gasteiger partial charge < -0.3 is 5.73 Å². The molecule has 0 bridgehead atoms. The van der Waals surface area contributed by atoms with Crippen LogP contribution in [0.2, 0.25) is 0 Å². The van der Waals surface area contributed by atoms with Crippen molar-refractivity contribution < 1.29 is 0 Å². The number of aromatic nitrogens is 1. The average Bonchev–Trinajstić information content (AvgIpc) is 2.54. The van der Waals surface area contributed by atoms with Crippen LogP contribution in [0.5, 0.6) is 0 Å². The monoisotopic (exact) mass is 220 g/mol. The Morgan fingerprint density at radius 2 is 2.36 bits per heavy atom. The van der Waals surface area contributed by atoms with E-state index in [4.69, 9.17) is 5.73 Å². The highest BCUT2D eigenvalue weighted by Crippen LogP contribution is 2.23. The van der Waals surface area contributed by atoms with Gasteiger partial charge in [-0.05, 0) is 18.2 Å². The Morgan fingerprint density at radius 3 is 3.14 bits per heavy atom. The van der Waals surface area contributed by atoms with Crippen molar-refractivity contribution in [1.29, 1.82) is 0 Å². The third-order valence-electron chi connectivity index (χ3n) is 1.72. The molecule has 2 aromatic rings. The van der Waals surface area contributed by atoms with Crippen molar-refractivity contribution in [2.24, 2.45) is 0 Å². The molecule has 0 aliphatic carbocycles. The summed E-state index contributed by atoms with van der Waals surface area (Å²) in [5, 5.41) is 0.597. The molecule has 0 amide bonds. The number of hydrogen-bond donors (Lipinski definition) is 2. The molecule has 1 aromatic heterocycles. The van der Waals surface area contributed by atoms with E-state index in [2.05, 4.69) is 29.5 Å². The predicted molar refractivity (Wildman–Crippen MR) is 64.8 cm³/mol. The molecule has 1 heterocycles. The van der Waals surface area contributed by atoms with E-state index < -0.39 is 0 Å². The Hall–Kier alpha value is -1.18. The second kappa shape index (κ2) is 3.91. The number of rotatable bonds is 0. The van der Waals surface area contributed by atoms with E-state index >= 15 is 0 Å². The molecule has 2 rings (SSSR count). The molecule has 0 fully saturated rings. The van der Waals surface area contributed by atoms with Crippen LogP contribution in [0, 0.1) is 11.8 Å². The van der Waals surface area contributed by atoms with Gasteiger partial charge in [0.25, 0.3) is 0 Å². The summed E-state index contributed by atoms with van der Waals surface area (Å²) < 4.78 is 1.10. The number of fused-ring (bicyclic) bond motifs is 1. The van der Waals surface area contributed by atoms with Gasteiger partial charge in [-0.1, -0.05) is 23.2 Å². The summed E-state index contributed by atoms with van der Waals surface area (Å²) in [6.07, 6.45) is 0. The summed E-state index contributed by atoms with van der Waals surface area (Å²) in [7, 11) is 0. The zero-order chi connectivity index (χ0) is 9.97. The number of benzene rings is 1. The van der Waals surface area contributed by atoms with Crippen molar-refractivity contribution in [1.82, 2.24) is 4.98 Å². The van der Waals surface area contributed by atoms with Gasteiger partial charge in [0.15, 0.2) is 5.13 Å². The van der Waals surface area contributed by atoms with Gasteiger partial charge in [0.2, 0.25) is 0 Å². The van der Waals surface area contributed by atoms with E-state index in [0.29, 0.717) is 10.9 Å². The molecule has 2 N–H and O–H groups in total. The highest BCUT2D eigenvalue weighted by Gasteiger charge is 2.00. The van der Waals surface area contributed by atoms with Crippen LogP contribution in [0.3, 0.4) is 0 Å². The average molecular weight is 220 g/mol. The van der Waals surface area contributed by atoms with Gasteiger partial charge in [-0.3, -0.25) is 0 Å². The minimum Gasteiger partial charge on any atom is -0.375 e. The molecular weight excluding hydrogens is 212 g/mol.